The highest BCUT2D eigenvalue weighted by atomic mass is 16.6. The summed E-state index contributed by atoms with van der Waals surface area (Å²) < 4.78 is 10.1. The molecular formula is C17H30N2O4. The van der Waals surface area contributed by atoms with E-state index in [2.05, 4.69) is 16.6 Å². The standard InChI is InChI=1S/C17H30N2O4/c1-5-6-7-11-14-22-15(20)18-12-9-8-10-13-19-16(21)23-17(2,3)4/h1H,6-14H2,2-4H3,(H,18,20)(H,19,21). The van der Waals surface area contributed by atoms with E-state index >= 15 is 0 Å². The number of terminal acetylenes is 1. The fourth-order valence-corrected chi connectivity index (χ4v) is 1.67. The van der Waals surface area contributed by atoms with Crippen LogP contribution in [0.5, 0.6) is 0 Å². The highest BCUT2D eigenvalue weighted by Crippen LogP contribution is 2.06. The summed E-state index contributed by atoms with van der Waals surface area (Å²) in [4.78, 5) is 22.7. The molecule has 0 spiro atoms. The smallest absolute Gasteiger partial charge is 0.407 e. The Kier molecular flexibility index (Phi) is 11.6. The Labute approximate surface area is 139 Å². The highest BCUT2D eigenvalue weighted by molar-refractivity contribution is 5.67. The number of hydrogen-bond acceptors (Lipinski definition) is 4. The van der Waals surface area contributed by atoms with Crippen molar-refractivity contribution in [2.45, 2.75) is 64.9 Å². The normalized spacial score (nSPS) is 10.5. The van der Waals surface area contributed by atoms with E-state index < -0.39 is 17.8 Å². The fourth-order valence-electron chi connectivity index (χ4n) is 1.67. The van der Waals surface area contributed by atoms with Gasteiger partial charge in [0.1, 0.15) is 5.60 Å². The van der Waals surface area contributed by atoms with Gasteiger partial charge < -0.3 is 20.1 Å². The van der Waals surface area contributed by atoms with Gasteiger partial charge in [0, 0.05) is 19.5 Å². The van der Waals surface area contributed by atoms with Gasteiger partial charge in [0.15, 0.2) is 0 Å². The molecule has 0 atom stereocenters. The van der Waals surface area contributed by atoms with Crippen molar-refractivity contribution in [2.75, 3.05) is 19.7 Å². The van der Waals surface area contributed by atoms with Gasteiger partial charge in [-0.15, -0.1) is 12.3 Å². The lowest BCUT2D eigenvalue weighted by Crippen LogP contribution is -2.33. The first-order valence-corrected chi connectivity index (χ1v) is 8.16. The van der Waals surface area contributed by atoms with Crippen LogP contribution < -0.4 is 10.6 Å². The Morgan fingerprint density at radius 3 is 2.13 bits per heavy atom. The number of carbonyl (C=O) groups is 2. The molecule has 6 nitrogen and oxygen atoms in total. The summed E-state index contributed by atoms with van der Waals surface area (Å²) in [6.45, 7) is 7.00. The first kappa shape index (κ1) is 21.1. The molecule has 0 aromatic heterocycles. The van der Waals surface area contributed by atoms with E-state index in [1.54, 1.807) is 0 Å². The maximum Gasteiger partial charge on any atom is 0.407 e. The molecule has 132 valence electrons. The van der Waals surface area contributed by atoms with Gasteiger partial charge in [0.2, 0.25) is 0 Å². The van der Waals surface area contributed by atoms with E-state index in [9.17, 15) is 9.59 Å². The fraction of sp³-hybridized carbons (Fsp3) is 0.765. The minimum absolute atomic E-state index is 0.391. The minimum Gasteiger partial charge on any atom is -0.450 e. The second-order valence-corrected chi connectivity index (χ2v) is 6.21. The molecule has 0 unspecified atom stereocenters. The van der Waals surface area contributed by atoms with E-state index in [-0.39, 0.29) is 0 Å². The Balaban J connectivity index is 3.37. The van der Waals surface area contributed by atoms with Gasteiger partial charge in [-0.25, -0.2) is 9.59 Å². The Hall–Kier alpha value is -1.90. The molecule has 0 bridgehead atoms. The maximum absolute atomic E-state index is 11.4. The minimum atomic E-state index is -0.477. The summed E-state index contributed by atoms with van der Waals surface area (Å²) in [6.07, 6.45) is 9.28. The average Bonchev–Trinajstić information content (AvgIpc) is 2.44. The molecule has 0 saturated heterocycles. The molecular weight excluding hydrogens is 296 g/mol. The van der Waals surface area contributed by atoms with Crippen LogP contribution in [0.15, 0.2) is 0 Å². The van der Waals surface area contributed by atoms with Gasteiger partial charge in [-0.3, -0.25) is 0 Å². The third kappa shape index (κ3) is 16.3. The van der Waals surface area contributed by atoms with Crippen LogP contribution in [0.3, 0.4) is 0 Å². The van der Waals surface area contributed by atoms with E-state index in [4.69, 9.17) is 15.9 Å². The summed E-state index contributed by atoms with van der Waals surface area (Å²) >= 11 is 0. The Bertz CT molecular complexity index is 383. The molecule has 2 N–H and O–H groups in total. The van der Waals surface area contributed by atoms with Gasteiger partial charge in [0.05, 0.1) is 6.61 Å². The van der Waals surface area contributed by atoms with Crippen LogP contribution in [0.25, 0.3) is 0 Å². The summed E-state index contributed by atoms with van der Waals surface area (Å²) in [6, 6.07) is 0. The van der Waals surface area contributed by atoms with Crippen molar-refractivity contribution in [1.29, 1.82) is 0 Å². The number of ether oxygens (including phenoxy) is 2. The molecule has 0 aliphatic rings. The van der Waals surface area contributed by atoms with Crippen LogP contribution in [0.2, 0.25) is 0 Å². The second-order valence-electron chi connectivity index (χ2n) is 6.21. The van der Waals surface area contributed by atoms with E-state index in [1.165, 1.54) is 0 Å². The zero-order valence-electron chi connectivity index (χ0n) is 14.6. The van der Waals surface area contributed by atoms with Crippen molar-refractivity contribution in [1.82, 2.24) is 10.6 Å². The van der Waals surface area contributed by atoms with Crippen molar-refractivity contribution in [3.05, 3.63) is 0 Å². The number of amides is 2. The topological polar surface area (TPSA) is 76.7 Å². The monoisotopic (exact) mass is 326 g/mol. The van der Waals surface area contributed by atoms with Crippen LogP contribution in [0.4, 0.5) is 9.59 Å². The molecule has 0 rings (SSSR count). The number of nitrogens with one attached hydrogen (secondary N) is 2. The number of rotatable bonds is 10. The number of alkyl carbamates (subject to hydrolysis) is 2. The van der Waals surface area contributed by atoms with Gasteiger partial charge >= 0.3 is 12.2 Å². The molecule has 2 amide bonds. The van der Waals surface area contributed by atoms with Crippen LogP contribution >= 0.6 is 0 Å². The van der Waals surface area contributed by atoms with Crippen LogP contribution in [0.1, 0.15) is 59.3 Å². The zero-order valence-corrected chi connectivity index (χ0v) is 14.6. The van der Waals surface area contributed by atoms with Gasteiger partial charge in [-0.1, -0.05) is 0 Å². The van der Waals surface area contributed by atoms with E-state index in [0.29, 0.717) is 26.1 Å². The van der Waals surface area contributed by atoms with Crippen LogP contribution in [0, 0.1) is 12.3 Å². The summed E-state index contributed by atoms with van der Waals surface area (Å²) in [5.41, 5.74) is -0.477. The molecule has 0 aliphatic carbocycles. The summed E-state index contributed by atoms with van der Waals surface area (Å²) in [5, 5.41) is 5.39. The van der Waals surface area contributed by atoms with Gasteiger partial charge in [-0.05, 0) is 52.9 Å². The second kappa shape index (κ2) is 12.6. The van der Waals surface area contributed by atoms with Crippen molar-refractivity contribution < 1.29 is 19.1 Å². The predicted octanol–water partition coefficient (Wildman–Crippen LogP) is 3.21. The van der Waals surface area contributed by atoms with E-state index in [1.807, 2.05) is 20.8 Å². The number of carbonyl (C=O) groups excluding carboxylic acids is 2. The third-order valence-corrected chi connectivity index (χ3v) is 2.74. The largest absolute Gasteiger partial charge is 0.450 e. The maximum atomic E-state index is 11.4. The van der Waals surface area contributed by atoms with Crippen molar-refractivity contribution in [3.63, 3.8) is 0 Å². The van der Waals surface area contributed by atoms with Crippen molar-refractivity contribution in [3.8, 4) is 12.3 Å². The van der Waals surface area contributed by atoms with Crippen LogP contribution in [-0.2, 0) is 9.47 Å². The lowest BCUT2D eigenvalue weighted by atomic mass is 10.2. The van der Waals surface area contributed by atoms with Gasteiger partial charge in [-0.2, -0.15) is 0 Å². The molecule has 6 heteroatoms. The highest BCUT2D eigenvalue weighted by Gasteiger charge is 2.15. The molecule has 0 aromatic carbocycles. The molecule has 23 heavy (non-hydrogen) atoms. The van der Waals surface area contributed by atoms with E-state index in [0.717, 1.165) is 32.1 Å². The molecule has 0 fully saturated rings. The summed E-state index contributed by atoms with van der Waals surface area (Å²) in [7, 11) is 0. The predicted molar refractivity (Wildman–Crippen MR) is 90.1 cm³/mol. The zero-order chi connectivity index (χ0) is 17.6. The molecule has 0 aromatic rings. The molecule has 0 heterocycles. The van der Waals surface area contributed by atoms with Crippen molar-refractivity contribution in [2.24, 2.45) is 0 Å². The first-order valence-electron chi connectivity index (χ1n) is 8.16. The lowest BCUT2D eigenvalue weighted by Gasteiger charge is -2.19. The number of unbranched alkanes of at least 4 members (excludes halogenated alkanes) is 4. The quantitative estimate of drug-likeness (QED) is 0.477. The van der Waals surface area contributed by atoms with Gasteiger partial charge in [0.25, 0.3) is 0 Å². The average molecular weight is 326 g/mol. The molecule has 0 saturated carbocycles. The SMILES string of the molecule is C#CCCCCOC(=O)NCCCCCNC(=O)OC(C)(C)C. The van der Waals surface area contributed by atoms with Crippen LogP contribution in [-0.4, -0.2) is 37.5 Å². The lowest BCUT2D eigenvalue weighted by molar-refractivity contribution is 0.0527. The summed E-state index contributed by atoms with van der Waals surface area (Å²) in [5.74, 6) is 2.54. The molecule has 0 radical (unpaired) electrons. The Morgan fingerprint density at radius 1 is 0.957 bits per heavy atom. The third-order valence-electron chi connectivity index (χ3n) is 2.74. The Morgan fingerprint density at radius 2 is 1.57 bits per heavy atom. The molecule has 0 aliphatic heterocycles. The van der Waals surface area contributed by atoms with Crippen molar-refractivity contribution >= 4 is 12.2 Å². The first-order chi connectivity index (χ1) is 10.8. The number of hydrogen-bond donors (Lipinski definition) is 2.